The molecule has 0 N–H and O–H groups in total. The maximum Gasteiger partial charge on any atom is -0.0322 e. The zero-order chi connectivity index (χ0) is 14.5. The molecule has 0 aromatic carbocycles. The topological polar surface area (TPSA) is 0 Å². The average Bonchev–Trinajstić information content (AvgIpc) is 2.45. The van der Waals surface area contributed by atoms with Gasteiger partial charge < -0.3 is 0 Å². The molecule has 1 rings (SSSR count). The number of rotatable bonds is 6. The quantitative estimate of drug-likeness (QED) is 0.476. The summed E-state index contributed by atoms with van der Waals surface area (Å²) >= 11 is 0. The van der Waals surface area contributed by atoms with Gasteiger partial charge in [0.1, 0.15) is 0 Å². The van der Waals surface area contributed by atoms with Crippen LogP contribution in [0.4, 0.5) is 0 Å². The van der Waals surface area contributed by atoms with Gasteiger partial charge in [0.2, 0.25) is 0 Å². The standard InChI is InChI=1S/C17H28.C2H6/c1-4-7-10-16-12-15(9-6-3)13-17(14-16)11-8-5-2;1-2/h4-8,15-17H,3,9-14H2,1-2H3;1-2H3/b7-4-,8-5-;. The molecule has 110 valence electrons. The van der Waals surface area contributed by atoms with Crippen molar-refractivity contribution in [1.29, 1.82) is 0 Å². The largest absolute Gasteiger partial charge is 0.103 e. The van der Waals surface area contributed by atoms with E-state index in [0.29, 0.717) is 0 Å². The van der Waals surface area contributed by atoms with Crippen LogP contribution < -0.4 is 0 Å². The maximum atomic E-state index is 3.90. The molecule has 19 heavy (non-hydrogen) atoms. The second kappa shape index (κ2) is 12.3. The van der Waals surface area contributed by atoms with Gasteiger partial charge in [-0.3, -0.25) is 0 Å². The highest BCUT2D eigenvalue weighted by Crippen LogP contribution is 2.38. The lowest BCUT2D eigenvalue weighted by Gasteiger charge is -2.34. The number of hydrogen-bond donors (Lipinski definition) is 0. The minimum Gasteiger partial charge on any atom is -0.103 e. The van der Waals surface area contributed by atoms with Gasteiger partial charge in [-0.1, -0.05) is 44.2 Å². The summed E-state index contributed by atoms with van der Waals surface area (Å²) in [6.45, 7) is 12.2. The molecule has 0 spiro atoms. The van der Waals surface area contributed by atoms with Crippen LogP contribution >= 0.6 is 0 Å². The van der Waals surface area contributed by atoms with Crippen molar-refractivity contribution in [2.24, 2.45) is 17.8 Å². The van der Waals surface area contributed by atoms with E-state index in [9.17, 15) is 0 Å². The zero-order valence-electron chi connectivity index (χ0n) is 13.6. The van der Waals surface area contributed by atoms with Crippen LogP contribution in [0.2, 0.25) is 0 Å². The van der Waals surface area contributed by atoms with Gasteiger partial charge in [-0.05, 0) is 70.1 Å². The Bertz CT molecular complexity index is 237. The highest BCUT2D eigenvalue weighted by atomic mass is 14.3. The molecule has 0 aromatic rings. The van der Waals surface area contributed by atoms with Gasteiger partial charge in [0, 0.05) is 0 Å². The van der Waals surface area contributed by atoms with Crippen molar-refractivity contribution in [3.8, 4) is 0 Å². The Morgan fingerprint density at radius 3 is 1.47 bits per heavy atom. The molecular formula is C19H34. The van der Waals surface area contributed by atoms with Gasteiger partial charge in [0.15, 0.2) is 0 Å². The molecule has 1 aliphatic rings. The lowest BCUT2D eigenvalue weighted by molar-refractivity contribution is 0.198. The third kappa shape index (κ3) is 8.08. The van der Waals surface area contributed by atoms with Crippen molar-refractivity contribution >= 4 is 0 Å². The normalized spacial score (nSPS) is 27.3. The maximum absolute atomic E-state index is 3.90. The van der Waals surface area contributed by atoms with Gasteiger partial charge in [0.25, 0.3) is 0 Å². The number of hydrogen-bond acceptors (Lipinski definition) is 0. The second-order valence-corrected chi connectivity index (χ2v) is 5.44. The summed E-state index contributed by atoms with van der Waals surface area (Å²) < 4.78 is 0. The molecule has 0 aliphatic heterocycles. The van der Waals surface area contributed by atoms with Crippen LogP contribution in [0.5, 0.6) is 0 Å². The van der Waals surface area contributed by atoms with E-state index in [-0.39, 0.29) is 0 Å². The summed E-state index contributed by atoms with van der Waals surface area (Å²) in [4.78, 5) is 0. The first-order valence-electron chi connectivity index (χ1n) is 8.13. The smallest absolute Gasteiger partial charge is 0.0322 e. The molecule has 1 saturated carbocycles. The zero-order valence-corrected chi connectivity index (χ0v) is 13.6. The van der Waals surface area contributed by atoms with Crippen LogP contribution in [0.1, 0.15) is 66.2 Å². The lowest BCUT2D eigenvalue weighted by atomic mass is 9.72. The second-order valence-electron chi connectivity index (χ2n) is 5.44. The van der Waals surface area contributed by atoms with Crippen molar-refractivity contribution in [1.82, 2.24) is 0 Å². The first-order chi connectivity index (χ1) is 9.30. The molecule has 0 heteroatoms. The molecule has 2 unspecified atom stereocenters. The predicted octanol–water partition coefficient (Wildman–Crippen LogP) is 6.55. The summed E-state index contributed by atoms with van der Waals surface area (Å²) in [5.41, 5.74) is 0. The first kappa shape index (κ1) is 18.2. The Kier molecular flexibility index (Phi) is 11.8. The third-order valence-corrected chi connectivity index (χ3v) is 3.91. The Hall–Kier alpha value is -0.780. The summed E-state index contributed by atoms with van der Waals surface area (Å²) in [6, 6.07) is 0. The fourth-order valence-electron chi connectivity index (χ4n) is 3.17. The van der Waals surface area contributed by atoms with E-state index in [1.807, 2.05) is 13.8 Å². The van der Waals surface area contributed by atoms with E-state index in [1.54, 1.807) is 0 Å². The Morgan fingerprint density at radius 1 is 0.789 bits per heavy atom. The minimum atomic E-state index is 0.881. The summed E-state index contributed by atoms with van der Waals surface area (Å²) in [7, 11) is 0. The van der Waals surface area contributed by atoms with Crippen LogP contribution in [0, 0.1) is 17.8 Å². The highest BCUT2D eigenvalue weighted by molar-refractivity contribution is 4.90. The molecule has 0 bridgehead atoms. The van der Waals surface area contributed by atoms with E-state index >= 15 is 0 Å². The van der Waals surface area contributed by atoms with Crippen molar-refractivity contribution in [3.05, 3.63) is 37.0 Å². The molecular weight excluding hydrogens is 228 g/mol. The lowest BCUT2D eigenvalue weighted by Crippen LogP contribution is -2.22. The predicted molar refractivity (Wildman–Crippen MR) is 89.3 cm³/mol. The summed E-state index contributed by atoms with van der Waals surface area (Å²) in [5.74, 6) is 2.69. The van der Waals surface area contributed by atoms with E-state index in [1.165, 1.54) is 38.5 Å². The minimum absolute atomic E-state index is 0.881. The fraction of sp³-hybridized carbons (Fsp3) is 0.684. The molecule has 2 atom stereocenters. The summed E-state index contributed by atoms with van der Waals surface area (Å²) in [5, 5.41) is 0. The van der Waals surface area contributed by atoms with Gasteiger partial charge in [-0.2, -0.15) is 0 Å². The monoisotopic (exact) mass is 262 g/mol. The van der Waals surface area contributed by atoms with Crippen molar-refractivity contribution in [2.45, 2.75) is 66.2 Å². The van der Waals surface area contributed by atoms with E-state index in [2.05, 4.69) is 50.8 Å². The van der Waals surface area contributed by atoms with E-state index in [4.69, 9.17) is 0 Å². The van der Waals surface area contributed by atoms with Crippen molar-refractivity contribution in [3.63, 3.8) is 0 Å². The first-order valence-corrected chi connectivity index (χ1v) is 8.13. The van der Waals surface area contributed by atoms with Crippen LogP contribution in [-0.4, -0.2) is 0 Å². The van der Waals surface area contributed by atoms with Crippen LogP contribution in [0.15, 0.2) is 37.0 Å². The van der Waals surface area contributed by atoms with Crippen LogP contribution in [-0.2, 0) is 0 Å². The van der Waals surface area contributed by atoms with Crippen LogP contribution in [0.3, 0.4) is 0 Å². The van der Waals surface area contributed by atoms with Crippen molar-refractivity contribution in [2.75, 3.05) is 0 Å². The molecule has 0 saturated heterocycles. The third-order valence-electron chi connectivity index (χ3n) is 3.91. The molecule has 0 heterocycles. The molecule has 1 fully saturated rings. The number of allylic oxidation sites excluding steroid dienone is 5. The summed E-state index contributed by atoms with van der Waals surface area (Å²) in [6.07, 6.45) is 19.2. The Balaban J connectivity index is 0.00000154. The molecule has 0 aromatic heterocycles. The Morgan fingerprint density at radius 2 is 1.16 bits per heavy atom. The SMILES string of the molecule is C=CCC1CC(C/C=C\C)CC(C/C=C\C)C1.CC. The molecule has 0 nitrogen and oxygen atoms in total. The van der Waals surface area contributed by atoms with Gasteiger partial charge >= 0.3 is 0 Å². The van der Waals surface area contributed by atoms with Gasteiger partial charge in [-0.25, -0.2) is 0 Å². The average molecular weight is 262 g/mol. The Labute approximate surface area is 121 Å². The molecule has 1 aliphatic carbocycles. The van der Waals surface area contributed by atoms with Crippen LogP contribution in [0.25, 0.3) is 0 Å². The fourth-order valence-corrected chi connectivity index (χ4v) is 3.17. The van der Waals surface area contributed by atoms with Crippen molar-refractivity contribution < 1.29 is 0 Å². The van der Waals surface area contributed by atoms with E-state index in [0.717, 1.165) is 17.8 Å². The van der Waals surface area contributed by atoms with Gasteiger partial charge in [0.05, 0.1) is 0 Å². The molecule has 0 amide bonds. The highest BCUT2D eigenvalue weighted by Gasteiger charge is 2.26. The van der Waals surface area contributed by atoms with E-state index < -0.39 is 0 Å². The molecule has 0 radical (unpaired) electrons. The van der Waals surface area contributed by atoms with Gasteiger partial charge in [-0.15, -0.1) is 6.58 Å².